The number of nitrogens with one attached hydrogen (secondary N) is 1. The van der Waals surface area contributed by atoms with Crippen LogP contribution in [0.2, 0.25) is 10.0 Å². The van der Waals surface area contributed by atoms with Crippen LogP contribution in [0, 0.1) is 5.41 Å². The molecule has 1 saturated carbocycles. The fourth-order valence-electron chi connectivity index (χ4n) is 2.40. The third kappa shape index (κ3) is 2.64. The van der Waals surface area contributed by atoms with Crippen LogP contribution in [0.4, 0.5) is 5.69 Å². The number of rotatable bonds is 2. The van der Waals surface area contributed by atoms with Crippen molar-refractivity contribution in [3.63, 3.8) is 0 Å². The van der Waals surface area contributed by atoms with Crippen LogP contribution < -0.4 is 5.32 Å². The van der Waals surface area contributed by atoms with Gasteiger partial charge in [0.15, 0.2) is 0 Å². The van der Waals surface area contributed by atoms with E-state index in [0.717, 1.165) is 5.69 Å². The van der Waals surface area contributed by atoms with Gasteiger partial charge in [0.2, 0.25) is 0 Å². The quantitative estimate of drug-likeness (QED) is 0.788. The van der Waals surface area contributed by atoms with Gasteiger partial charge in [0.05, 0.1) is 15.7 Å². The van der Waals surface area contributed by atoms with Crippen molar-refractivity contribution in [3.05, 3.63) is 28.2 Å². The minimum Gasteiger partial charge on any atom is -0.380 e. The standard InChI is InChI=1S/C13H17Cl2N/c1-13(2)7-6-9(8-13)16-12-10(14)4-3-5-11(12)15/h3-5,9,16H,6-8H2,1-2H3. The van der Waals surface area contributed by atoms with Crippen LogP contribution >= 0.6 is 23.2 Å². The van der Waals surface area contributed by atoms with E-state index in [-0.39, 0.29) is 0 Å². The van der Waals surface area contributed by atoms with Gasteiger partial charge >= 0.3 is 0 Å². The molecule has 88 valence electrons. The fourth-order valence-corrected chi connectivity index (χ4v) is 2.91. The average molecular weight is 258 g/mol. The van der Waals surface area contributed by atoms with Gasteiger partial charge < -0.3 is 5.32 Å². The van der Waals surface area contributed by atoms with E-state index in [4.69, 9.17) is 23.2 Å². The summed E-state index contributed by atoms with van der Waals surface area (Å²) in [6.07, 6.45) is 3.62. The van der Waals surface area contributed by atoms with E-state index in [9.17, 15) is 0 Å². The third-order valence-electron chi connectivity index (χ3n) is 3.28. The first-order chi connectivity index (χ1) is 7.48. The number of hydrogen-bond donors (Lipinski definition) is 1. The first-order valence-corrected chi connectivity index (χ1v) is 6.44. The number of hydrogen-bond acceptors (Lipinski definition) is 1. The van der Waals surface area contributed by atoms with E-state index in [1.807, 2.05) is 18.2 Å². The van der Waals surface area contributed by atoms with Crippen molar-refractivity contribution < 1.29 is 0 Å². The predicted molar refractivity (Wildman–Crippen MR) is 71.5 cm³/mol. The Morgan fingerprint density at radius 1 is 1.25 bits per heavy atom. The fraction of sp³-hybridized carbons (Fsp3) is 0.538. The molecule has 3 heteroatoms. The molecule has 1 atom stereocenters. The van der Waals surface area contributed by atoms with E-state index in [1.165, 1.54) is 19.3 Å². The van der Waals surface area contributed by atoms with Gasteiger partial charge in [-0.15, -0.1) is 0 Å². The summed E-state index contributed by atoms with van der Waals surface area (Å²) in [6.45, 7) is 4.62. The summed E-state index contributed by atoms with van der Waals surface area (Å²) in [7, 11) is 0. The maximum Gasteiger partial charge on any atom is 0.0721 e. The highest BCUT2D eigenvalue weighted by Gasteiger charge is 2.31. The average Bonchev–Trinajstić information content (AvgIpc) is 2.52. The Hall–Kier alpha value is -0.400. The number of benzene rings is 1. The highest BCUT2D eigenvalue weighted by Crippen LogP contribution is 2.40. The monoisotopic (exact) mass is 257 g/mol. The Morgan fingerprint density at radius 3 is 2.38 bits per heavy atom. The summed E-state index contributed by atoms with van der Waals surface area (Å²) >= 11 is 12.3. The predicted octanol–water partition coefficient (Wildman–Crippen LogP) is 4.98. The summed E-state index contributed by atoms with van der Waals surface area (Å²) in [5.74, 6) is 0. The summed E-state index contributed by atoms with van der Waals surface area (Å²) in [4.78, 5) is 0. The molecule has 1 fully saturated rings. The van der Waals surface area contributed by atoms with E-state index in [1.54, 1.807) is 0 Å². The molecule has 2 rings (SSSR count). The van der Waals surface area contributed by atoms with Crippen molar-refractivity contribution in [2.75, 3.05) is 5.32 Å². The molecule has 0 saturated heterocycles. The topological polar surface area (TPSA) is 12.0 Å². The Balaban J connectivity index is 2.11. The van der Waals surface area contributed by atoms with Gasteiger partial charge in [0, 0.05) is 6.04 Å². The smallest absolute Gasteiger partial charge is 0.0721 e. The van der Waals surface area contributed by atoms with Gasteiger partial charge in [-0.1, -0.05) is 43.1 Å². The number of anilines is 1. The molecule has 1 unspecified atom stereocenters. The molecule has 1 N–H and O–H groups in total. The van der Waals surface area contributed by atoms with Gasteiger partial charge in [-0.25, -0.2) is 0 Å². The van der Waals surface area contributed by atoms with E-state index in [0.29, 0.717) is 21.5 Å². The molecular formula is C13H17Cl2N. The lowest BCUT2D eigenvalue weighted by Crippen LogP contribution is -2.18. The second-order valence-corrected chi connectivity index (χ2v) is 6.16. The lowest BCUT2D eigenvalue weighted by atomic mass is 9.92. The van der Waals surface area contributed by atoms with Gasteiger partial charge in [-0.2, -0.15) is 0 Å². The molecule has 1 aromatic carbocycles. The maximum absolute atomic E-state index is 6.13. The van der Waals surface area contributed by atoms with Crippen LogP contribution in [0.1, 0.15) is 33.1 Å². The normalized spacial score (nSPS) is 23.4. The zero-order valence-corrected chi connectivity index (χ0v) is 11.2. The first-order valence-electron chi connectivity index (χ1n) is 5.68. The summed E-state index contributed by atoms with van der Waals surface area (Å²) < 4.78 is 0. The molecule has 1 nitrogen and oxygen atoms in total. The molecule has 1 aliphatic carbocycles. The molecule has 0 bridgehead atoms. The Morgan fingerprint density at radius 2 is 1.88 bits per heavy atom. The van der Waals surface area contributed by atoms with Gasteiger partial charge in [-0.3, -0.25) is 0 Å². The van der Waals surface area contributed by atoms with Crippen LogP contribution in [0.25, 0.3) is 0 Å². The zero-order valence-electron chi connectivity index (χ0n) is 9.69. The first kappa shape index (κ1) is 12.1. The molecule has 16 heavy (non-hydrogen) atoms. The minimum atomic E-state index is 0.436. The largest absolute Gasteiger partial charge is 0.380 e. The van der Waals surface area contributed by atoms with E-state index in [2.05, 4.69) is 19.2 Å². The molecule has 1 aliphatic rings. The van der Waals surface area contributed by atoms with Crippen LogP contribution in [0.15, 0.2) is 18.2 Å². The molecule has 0 spiro atoms. The van der Waals surface area contributed by atoms with Crippen LogP contribution in [0.3, 0.4) is 0 Å². The van der Waals surface area contributed by atoms with Crippen LogP contribution in [0.5, 0.6) is 0 Å². The molecule has 0 amide bonds. The van der Waals surface area contributed by atoms with Crippen LogP contribution in [-0.2, 0) is 0 Å². The van der Waals surface area contributed by atoms with Crippen LogP contribution in [-0.4, -0.2) is 6.04 Å². The molecule has 0 aromatic heterocycles. The molecular weight excluding hydrogens is 241 g/mol. The van der Waals surface area contributed by atoms with Gasteiger partial charge in [0.25, 0.3) is 0 Å². The zero-order chi connectivity index (χ0) is 11.8. The summed E-state index contributed by atoms with van der Waals surface area (Å²) in [6, 6.07) is 6.10. The molecule has 0 aliphatic heterocycles. The SMILES string of the molecule is CC1(C)CCC(Nc2c(Cl)cccc2Cl)C1. The maximum atomic E-state index is 6.13. The second-order valence-electron chi connectivity index (χ2n) is 5.34. The highest BCUT2D eigenvalue weighted by molar-refractivity contribution is 6.39. The highest BCUT2D eigenvalue weighted by atomic mass is 35.5. The van der Waals surface area contributed by atoms with Crippen molar-refractivity contribution in [1.29, 1.82) is 0 Å². The Kier molecular flexibility index (Phi) is 3.37. The Labute approximate surface area is 107 Å². The number of para-hydroxylation sites is 1. The lowest BCUT2D eigenvalue weighted by molar-refractivity contribution is 0.378. The van der Waals surface area contributed by atoms with Gasteiger partial charge in [-0.05, 0) is 36.8 Å². The van der Waals surface area contributed by atoms with Crippen molar-refractivity contribution in [2.24, 2.45) is 5.41 Å². The van der Waals surface area contributed by atoms with E-state index >= 15 is 0 Å². The van der Waals surface area contributed by atoms with Crippen molar-refractivity contribution >= 4 is 28.9 Å². The van der Waals surface area contributed by atoms with Crippen molar-refractivity contribution in [1.82, 2.24) is 0 Å². The second kappa shape index (κ2) is 4.46. The molecule has 1 aromatic rings. The lowest BCUT2D eigenvalue weighted by Gasteiger charge is -2.19. The van der Waals surface area contributed by atoms with Crippen molar-refractivity contribution in [3.8, 4) is 0 Å². The summed E-state index contributed by atoms with van der Waals surface area (Å²) in [5.41, 5.74) is 1.32. The van der Waals surface area contributed by atoms with Crippen molar-refractivity contribution in [2.45, 2.75) is 39.2 Å². The Bertz CT molecular complexity index is 367. The minimum absolute atomic E-state index is 0.436. The summed E-state index contributed by atoms with van der Waals surface area (Å²) in [5, 5.41) is 4.88. The molecule has 0 heterocycles. The molecule has 0 radical (unpaired) electrons. The third-order valence-corrected chi connectivity index (χ3v) is 3.91. The van der Waals surface area contributed by atoms with Gasteiger partial charge in [0.1, 0.15) is 0 Å². The number of halogens is 2. The van der Waals surface area contributed by atoms with E-state index < -0.39 is 0 Å².